The number of hydrogen-bond acceptors (Lipinski definition) is 3. The van der Waals surface area contributed by atoms with Gasteiger partial charge in [-0.3, -0.25) is 0 Å². The van der Waals surface area contributed by atoms with Gasteiger partial charge in [-0.15, -0.1) is 0 Å². The van der Waals surface area contributed by atoms with Gasteiger partial charge >= 0.3 is 0 Å². The maximum absolute atomic E-state index is 10.2. The molecule has 0 saturated heterocycles. The highest BCUT2D eigenvalue weighted by molar-refractivity contribution is 5.58. The molecule has 1 aromatic rings. The van der Waals surface area contributed by atoms with Gasteiger partial charge in [0.25, 0.3) is 0 Å². The number of ether oxygens (including phenoxy) is 2. The number of rotatable bonds is 4. The number of unbranched alkanes of at least 4 members (excludes halogenated alkanes) is 1. The molecule has 0 aliphatic carbocycles. The first kappa shape index (κ1) is 10.9. The van der Waals surface area contributed by atoms with E-state index >= 15 is 0 Å². The van der Waals surface area contributed by atoms with Crippen molar-refractivity contribution in [3.63, 3.8) is 0 Å². The fourth-order valence-corrected chi connectivity index (χ4v) is 1.65. The molecule has 1 aliphatic heterocycles. The van der Waals surface area contributed by atoms with Crippen molar-refractivity contribution in [3.8, 4) is 5.75 Å². The topological polar surface area (TPSA) is 35.5 Å². The number of carbonyl (C=O) groups excluding carboxylic acids is 1. The zero-order valence-electron chi connectivity index (χ0n) is 9.02. The van der Waals surface area contributed by atoms with E-state index in [0.29, 0.717) is 19.8 Å². The van der Waals surface area contributed by atoms with Crippen molar-refractivity contribution in [1.82, 2.24) is 0 Å². The first-order valence-electron chi connectivity index (χ1n) is 5.34. The Balaban J connectivity index is 2.14. The van der Waals surface area contributed by atoms with Crippen LogP contribution in [0.3, 0.4) is 0 Å². The number of fused-ring (bicyclic) bond motifs is 1. The lowest BCUT2D eigenvalue weighted by Gasteiger charge is -2.19. The highest BCUT2D eigenvalue weighted by atomic mass is 16.7. The van der Waals surface area contributed by atoms with E-state index < -0.39 is 0 Å². The van der Waals surface area contributed by atoms with Crippen molar-refractivity contribution in [2.45, 2.75) is 19.4 Å². The summed E-state index contributed by atoms with van der Waals surface area (Å²) in [5.74, 6) is 0.892. The molecule has 1 aromatic carbocycles. The van der Waals surface area contributed by atoms with Crippen LogP contribution in [-0.4, -0.2) is 13.1 Å². The Hall–Kier alpha value is -1.61. The summed E-state index contributed by atoms with van der Waals surface area (Å²) in [4.78, 5) is 10.2. The highest BCUT2D eigenvalue weighted by Gasteiger charge is 2.12. The summed E-state index contributed by atoms with van der Waals surface area (Å²) >= 11 is 0. The Morgan fingerprint density at radius 3 is 3.12 bits per heavy atom. The largest absolute Gasteiger partial charge is 0.467 e. The molecule has 0 bridgehead atoms. The molecule has 0 unspecified atom stereocenters. The second-order valence-electron chi connectivity index (χ2n) is 3.58. The molecule has 0 amide bonds. The van der Waals surface area contributed by atoms with E-state index in [4.69, 9.17) is 9.47 Å². The van der Waals surface area contributed by atoms with Crippen LogP contribution in [0.25, 0.3) is 6.08 Å². The number of allylic oxidation sites excluding steroid dienone is 1. The van der Waals surface area contributed by atoms with E-state index in [9.17, 15) is 4.79 Å². The van der Waals surface area contributed by atoms with Crippen LogP contribution >= 0.6 is 0 Å². The van der Waals surface area contributed by atoms with Crippen molar-refractivity contribution >= 4 is 12.4 Å². The molecule has 1 heterocycles. The van der Waals surface area contributed by atoms with E-state index in [0.717, 1.165) is 29.6 Å². The van der Waals surface area contributed by atoms with Gasteiger partial charge in [0.15, 0.2) is 6.79 Å². The number of hydrogen-bond donors (Lipinski definition) is 0. The molecule has 0 fully saturated rings. The summed E-state index contributed by atoms with van der Waals surface area (Å²) in [6.07, 6.45) is 6.28. The van der Waals surface area contributed by atoms with E-state index in [1.807, 2.05) is 30.4 Å². The van der Waals surface area contributed by atoms with Gasteiger partial charge in [-0.05, 0) is 18.1 Å². The molecule has 3 nitrogen and oxygen atoms in total. The van der Waals surface area contributed by atoms with Crippen molar-refractivity contribution in [1.29, 1.82) is 0 Å². The third-order valence-electron chi connectivity index (χ3n) is 2.46. The first-order valence-corrected chi connectivity index (χ1v) is 5.34. The van der Waals surface area contributed by atoms with Crippen LogP contribution in [0.1, 0.15) is 24.0 Å². The molecule has 2 rings (SSSR count). The normalized spacial score (nSPS) is 14.5. The Bertz CT molecular complexity index is 396. The first-order chi connectivity index (χ1) is 7.92. The summed E-state index contributed by atoms with van der Waals surface area (Å²) in [6, 6.07) is 5.93. The zero-order chi connectivity index (χ0) is 11.2. The smallest absolute Gasteiger partial charge is 0.189 e. The molecule has 0 radical (unpaired) electrons. The standard InChI is InChI=1S/C13H14O3/c14-8-3-1-2-5-11-6-4-7-13-12(11)9-15-10-16-13/h2,4-8H,1,3,9-10H2. The Morgan fingerprint density at radius 1 is 1.31 bits per heavy atom. The molecule has 0 spiro atoms. The van der Waals surface area contributed by atoms with E-state index in [-0.39, 0.29) is 0 Å². The second kappa shape index (κ2) is 5.47. The van der Waals surface area contributed by atoms with Gasteiger partial charge in [-0.2, -0.15) is 0 Å². The van der Waals surface area contributed by atoms with Crippen molar-refractivity contribution in [2.24, 2.45) is 0 Å². The van der Waals surface area contributed by atoms with E-state index in [2.05, 4.69) is 0 Å². The molecule has 16 heavy (non-hydrogen) atoms. The van der Waals surface area contributed by atoms with Gasteiger partial charge in [-0.25, -0.2) is 0 Å². The highest BCUT2D eigenvalue weighted by Crippen LogP contribution is 2.27. The van der Waals surface area contributed by atoms with Gasteiger partial charge in [0.2, 0.25) is 0 Å². The fourth-order valence-electron chi connectivity index (χ4n) is 1.65. The third-order valence-corrected chi connectivity index (χ3v) is 2.46. The molecule has 0 N–H and O–H groups in total. The van der Waals surface area contributed by atoms with Crippen LogP contribution in [0, 0.1) is 0 Å². The number of aldehydes is 1. The average Bonchev–Trinajstić information content (AvgIpc) is 2.35. The van der Waals surface area contributed by atoms with Crippen LogP contribution in [0.5, 0.6) is 5.75 Å². The van der Waals surface area contributed by atoms with Gasteiger partial charge in [-0.1, -0.05) is 24.3 Å². The van der Waals surface area contributed by atoms with Crippen molar-refractivity contribution in [3.05, 3.63) is 35.4 Å². The molecule has 0 atom stereocenters. The van der Waals surface area contributed by atoms with Crippen LogP contribution < -0.4 is 4.74 Å². The minimum absolute atomic E-state index is 0.325. The molecule has 3 heteroatoms. The Labute approximate surface area is 94.7 Å². The predicted molar refractivity (Wildman–Crippen MR) is 61.1 cm³/mol. The van der Waals surface area contributed by atoms with E-state index in [1.54, 1.807) is 0 Å². The summed E-state index contributed by atoms with van der Waals surface area (Å²) in [6.45, 7) is 0.912. The van der Waals surface area contributed by atoms with Crippen LogP contribution in [0.15, 0.2) is 24.3 Å². The number of benzene rings is 1. The van der Waals surface area contributed by atoms with Crippen molar-refractivity contribution < 1.29 is 14.3 Å². The van der Waals surface area contributed by atoms with Crippen LogP contribution in [-0.2, 0) is 16.1 Å². The lowest BCUT2D eigenvalue weighted by Crippen LogP contribution is -2.12. The van der Waals surface area contributed by atoms with Crippen molar-refractivity contribution in [2.75, 3.05) is 6.79 Å². The maximum atomic E-state index is 10.2. The maximum Gasteiger partial charge on any atom is 0.189 e. The lowest BCUT2D eigenvalue weighted by atomic mass is 10.1. The molecule has 84 valence electrons. The second-order valence-corrected chi connectivity index (χ2v) is 3.58. The summed E-state index contributed by atoms with van der Waals surface area (Å²) in [7, 11) is 0. The molecule has 0 aromatic heterocycles. The minimum atomic E-state index is 0.325. The average molecular weight is 218 g/mol. The molecular formula is C13H14O3. The fraction of sp³-hybridized carbons (Fsp3) is 0.308. The molecule has 1 aliphatic rings. The van der Waals surface area contributed by atoms with Gasteiger partial charge in [0.1, 0.15) is 12.0 Å². The summed E-state index contributed by atoms with van der Waals surface area (Å²) in [5, 5.41) is 0. The van der Waals surface area contributed by atoms with E-state index in [1.165, 1.54) is 0 Å². The predicted octanol–water partition coefficient (Wildman–Crippen LogP) is 2.55. The van der Waals surface area contributed by atoms with Gasteiger partial charge in [0, 0.05) is 12.0 Å². The minimum Gasteiger partial charge on any atom is -0.467 e. The lowest BCUT2D eigenvalue weighted by molar-refractivity contribution is -0.107. The van der Waals surface area contributed by atoms with Gasteiger partial charge in [0.05, 0.1) is 6.61 Å². The summed E-state index contributed by atoms with van der Waals surface area (Å²) in [5.41, 5.74) is 2.18. The third kappa shape index (κ3) is 2.49. The Kier molecular flexibility index (Phi) is 3.72. The van der Waals surface area contributed by atoms with Crippen LogP contribution in [0.2, 0.25) is 0 Å². The summed E-state index contributed by atoms with van der Waals surface area (Å²) < 4.78 is 10.6. The number of carbonyl (C=O) groups is 1. The SMILES string of the molecule is O=CCCC=Cc1cccc2c1COCO2. The monoisotopic (exact) mass is 218 g/mol. The molecule has 0 saturated carbocycles. The Morgan fingerprint density at radius 2 is 2.25 bits per heavy atom. The van der Waals surface area contributed by atoms with Gasteiger partial charge < -0.3 is 14.3 Å². The quantitative estimate of drug-likeness (QED) is 0.575. The zero-order valence-corrected chi connectivity index (χ0v) is 9.02. The molecular weight excluding hydrogens is 204 g/mol. The van der Waals surface area contributed by atoms with Crippen LogP contribution in [0.4, 0.5) is 0 Å².